The number of thiophene rings is 1. The van der Waals surface area contributed by atoms with Crippen molar-refractivity contribution in [3.63, 3.8) is 0 Å². The SMILES string of the molecule is COc1ccc(NS(=O)(=O)c2ccc(CN3C(=O)c4cccnc4C3=O)s2)cc1OC. The van der Waals surface area contributed by atoms with Crippen molar-refractivity contribution in [3.8, 4) is 11.5 Å². The molecule has 1 N–H and O–H groups in total. The van der Waals surface area contributed by atoms with Gasteiger partial charge >= 0.3 is 0 Å². The number of fused-ring (bicyclic) bond motifs is 1. The highest BCUT2D eigenvalue weighted by atomic mass is 32.2. The number of methoxy groups -OCH3 is 2. The highest BCUT2D eigenvalue weighted by Crippen LogP contribution is 2.32. The maximum absolute atomic E-state index is 12.8. The topological polar surface area (TPSA) is 115 Å². The number of pyridine rings is 1. The molecule has 31 heavy (non-hydrogen) atoms. The quantitative estimate of drug-likeness (QED) is 0.540. The summed E-state index contributed by atoms with van der Waals surface area (Å²) in [6.07, 6.45) is 1.45. The van der Waals surface area contributed by atoms with Crippen LogP contribution in [-0.4, -0.2) is 44.3 Å². The molecule has 1 aromatic carbocycles. The van der Waals surface area contributed by atoms with E-state index in [9.17, 15) is 18.0 Å². The number of benzene rings is 1. The molecule has 160 valence electrons. The second-order valence-electron chi connectivity index (χ2n) is 6.49. The lowest BCUT2D eigenvalue weighted by atomic mass is 10.2. The first kappa shape index (κ1) is 20.8. The average molecular weight is 460 g/mol. The van der Waals surface area contributed by atoms with Crippen molar-refractivity contribution >= 4 is 38.9 Å². The lowest BCUT2D eigenvalue weighted by molar-refractivity contribution is 0.0642. The van der Waals surface area contributed by atoms with E-state index in [2.05, 4.69) is 9.71 Å². The smallest absolute Gasteiger partial charge is 0.280 e. The molecule has 1 aliphatic heterocycles. The zero-order valence-electron chi connectivity index (χ0n) is 16.5. The molecule has 3 aromatic rings. The fraction of sp³-hybridized carbons (Fsp3) is 0.150. The van der Waals surface area contributed by atoms with Gasteiger partial charge in [0.2, 0.25) is 0 Å². The largest absolute Gasteiger partial charge is 0.493 e. The predicted octanol–water partition coefficient (Wildman–Crippen LogP) is 2.76. The van der Waals surface area contributed by atoms with Crippen LogP contribution in [0.3, 0.4) is 0 Å². The van der Waals surface area contributed by atoms with E-state index in [1.54, 1.807) is 30.3 Å². The molecule has 1 aliphatic rings. The van der Waals surface area contributed by atoms with Gasteiger partial charge < -0.3 is 9.47 Å². The molecule has 0 bridgehead atoms. The van der Waals surface area contributed by atoms with Gasteiger partial charge in [0.1, 0.15) is 9.90 Å². The van der Waals surface area contributed by atoms with Gasteiger partial charge in [-0.15, -0.1) is 11.3 Å². The molecule has 0 unspecified atom stereocenters. The van der Waals surface area contributed by atoms with Crippen LogP contribution in [0.4, 0.5) is 5.69 Å². The van der Waals surface area contributed by atoms with Crippen LogP contribution >= 0.6 is 11.3 Å². The number of hydrogen-bond acceptors (Lipinski definition) is 8. The zero-order valence-corrected chi connectivity index (χ0v) is 18.1. The lowest BCUT2D eigenvalue weighted by Gasteiger charge is -2.12. The number of hydrogen-bond donors (Lipinski definition) is 1. The van der Waals surface area contributed by atoms with Gasteiger partial charge in [-0.2, -0.15) is 0 Å². The summed E-state index contributed by atoms with van der Waals surface area (Å²) in [5, 5.41) is 0. The Kier molecular flexibility index (Phi) is 5.38. The highest BCUT2D eigenvalue weighted by Gasteiger charge is 2.36. The number of nitrogens with one attached hydrogen (secondary N) is 1. The summed E-state index contributed by atoms with van der Waals surface area (Å²) in [5.41, 5.74) is 0.651. The second kappa shape index (κ2) is 8.00. The normalized spacial score (nSPS) is 13.3. The first-order chi connectivity index (χ1) is 14.8. The third-order valence-corrected chi connectivity index (χ3v) is 7.53. The van der Waals surface area contributed by atoms with E-state index in [1.165, 1.54) is 32.5 Å². The van der Waals surface area contributed by atoms with Crippen LogP contribution in [0.1, 0.15) is 25.7 Å². The van der Waals surface area contributed by atoms with Crippen LogP contribution in [-0.2, 0) is 16.6 Å². The molecule has 3 heterocycles. The minimum absolute atomic E-state index is 0.0371. The van der Waals surface area contributed by atoms with Crippen LogP contribution in [0.5, 0.6) is 11.5 Å². The molecule has 9 nitrogen and oxygen atoms in total. The Bertz CT molecular complexity index is 1250. The maximum Gasteiger partial charge on any atom is 0.280 e. The van der Waals surface area contributed by atoms with Gasteiger partial charge in [-0.05, 0) is 36.4 Å². The lowest BCUT2D eigenvalue weighted by Crippen LogP contribution is -2.28. The summed E-state index contributed by atoms with van der Waals surface area (Å²) in [6.45, 7) is -0.0371. The van der Waals surface area contributed by atoms with E-state index in [0.717, 1.165) is 16.2 Å². The first-order valence-electron chi connectivity index (χ1n) is 8.99. The van der Waals surface area contributed by atoms with Gasteiger partial charge in [0.25, 0.3) is 21.8 Å². The summed E-state index contributed by atoms with van der Waals surface area (Å²) in [6, 6.07) is 10.8. The standard InChI is InChI=1S/C20H17N3O6S2/c1-28-15-7-5-12(10-16(15)29-2)22-31(26,27)17-8-6-13(30-17)11-23-19(24)14-4-3-9-21-18(14)20(23)25/h3-10,22H,11H2,1-2H3. The van der Waals surface area contributed by atoms with Crippen LogP contribution in [0, 0.1) is 0 Å². The predicted molar refractivity (Wildman–Crippen MR) is 113 cm³/mol. The number of carbonyl (C=O) groups is 2. The van der Waals surface area contributed by atoms with E-state index in [-0.39, 0.29) is 22.0 Å². The Hall–Kier alpha value is -3.44. The first-order valence-corrected chi connectivity index (χ1v) is 11.3. The summed E-state index contributed by atoms with van der Waals surface area (Å²) in [4.78, 5) is 30.5. The Morgan fingerprint density at radius 2 is 1.81 bits per heavy atom. The Labute approximate surface area is 182 Å². The fourth-order valence-corrected chi connectivity index (χ4v) is 5.50. The molecule has 0 spiro atoms. The van der Waals surface area contributed by atoms with Gasteiger partial charge in [-0.3, -0.25) is 24.2 Å². The van der Waals surface area contributed by atoms with E-state index < -0.39 is 21.8 Å². The monoisotopic (exact) mass is 459 g/mol. The number of aromatic nitrogens is 1. The van der Waals surface area contributed by atoms with Crippen molar-refractivity contribution in [2.45, 2.75) is 10.8 Å². The molecule has 11 heteroatoms. The Balaban J connectivity index is 1.52. The summed E-state index contributed by atoms with van der Waals surface area (Å²) >= 11 is 0.973. The number of carbonyl (C=O) groups excluding carboxylic acids is 2. The van der Waals surface area contributed by atoms with Gasteiger partial charge in [-0.1, -0.05) is 0 Å². The molecule has 0 aliphatic carbocycles. The van der Waals surface area contributed by atoms with Crippen molar-refractivity contribution in [3.05, 3.63) is 64.8 Å². The van der Waals surface area contributed by atoms with E-state index >= 15 is 0 Å². The van der Waals surface area contributed by atoms with Crippen molar-refractivity contribution < 1.29 is 27.5 Å². The number of nitrogens with zero attached hydrogens (tertiary/aromatic N) is 2. The van der Waals surface area contributed by atoms with E-state index in [1.807, 2.05) is 0 Å². The molecule has 4 rings (SSSR count). The number of ether oxygens (including phenoxy) is 2. The van der Waals surface area contributed by atoms with Crippen LogP contribution in [0.25, 0.3) is 0 Å². The van der Waals surface area contributed by atoms with Crippen molar-refractivity contribution in [2.24, 2.45) is 0 Å². The second-order valence-corrected chi connectivity index (χ2v) is 9.57. The molecule has 2 amide bonds. The molecule has 0 atom stereocenters. The molecule has 0 radical (unpaired) electrons. The van der Waals surface area contributed by atoms with Crippen molar-refractivity contribution in [2.75, 3.05) is 18.9 Å². The van der Waals surface area contributed by atoms with Gasteiger partial charge in [0, 0.05) is 17.1 Å². The third kappa shape index (κ3) is 3.84. The fourth-order valence-electron chi connectivity index (χ4n) is 3.11. The maximum atomic E-state index is 12.8. The zero-order chi connectivity index (χ0) is 22.2. The number of imide groups is 1. The summed E-state index contributed by atoms with van der Waals surface area (Å²) in [7, 11) is -0.940. The number of anilines is 1. The molecular weight excluding hydrogens is 442 g/mol. The van der Waals surface area contributed by atoms with E-state index in [0.29, 0.717) is 22.1 Å². The van der Waals surface area contributed by atoms with E-state index in [4.69, 9.17) is 9.47 Å². The molecule has 2 aromatic heterocycles. The number of sulfonamides is 1. The van der Waals surface area contributed by atoms with Crippen LogP contribution in [0.2, 0.25) is 0 Å². The van der Waals surface area contributed by atoms with Crippen molar-refractivity contribution in [1.82, 2.24) is 9.88 Å². The number of amides is 2. The van der Waals surface area contributed by atoms with Crippen LogP contribution in [0.15, 0.2) is 52.9 Å². The third-order valence-electron chi connectivity index (χ3n) is 4.58. The minimum atomic E-state index is -3.88. The van der Waals surface area contributed by atoms with Crippen molar-refractivity contribution in [1.29, 1.82) is 0 Å². The molecule has 0 saturated carbocycles. The van der Waals surface area contributed by atoms with Gasteiger partial charge in [-0.25, -0.2) is 8.42 Å². The molecule has 0 saturated heterocycles. The van der Waals surface area contributed by atoms with Gasteiger partial charge in [0.05, 0.1) is 32.0 Å². The number of rotatable bonds is 7. The molecular formula is C20H17N3O6S2. The summed E-state index contributed by atoms with van der Waals surface area (Å²) < 4.78 is 38.4. The minimum Gasteiger partial charge on any atom is -0.493 e. The molecule has 0 fully saturated rings. The average Bonchev–Trinajstić information content (AvgIpc) is 3.34. The van der Waals surface area contributed by atoms with Gasteiger partial charge in [0.15, 0.2) is 11.5 Å². The summed E-state index contributed by atoms with van der Waals surface area (Å²) in [5.74, 6) is -0.0932. The van der Waals surface area contributed by atoms with Crippen LogP contribution < -0.4 is 14.2 Å². The Morgan fingerprint density at radius 3 is 2.52 bits per heavy atom. The highest BCUT2D eigenvalue weighted by molar-refractivity contribution is 7.94. The Morgan fingerprint density at radius 1 is 1.03 bits per heavy atom.